The van der Waals surface area contributed by atoms with Crippen LogP contribution in [0, 0.1) is 5.82 Å². The molecule has 1 aromatic carbocycles. The molecular formula is C17H18FN3O4. The zero-order valence-electron chi connectivity index (χ0n) is 14.0. The van der Waals surface area contributed by atoms with E-state index in [9.17, 15) is 9.18 Å². The van der Waals surface area contributed by atoms with Gasteiger partial charge in [-0.05, 0) is 12.1 Å². The van der Waals surface area contributed by atoms with Crippen molar-refractivity contribution < 1.29 is 23.4 Å². The van der Waals surface area contributed by atoms with Crippen molar-refractivity contribution in [1.82, 2.24) is 14.9 Å². The zero-order chi connectivity index (χ0) is 17.8. The van der Waals surface area contributed by atoms with Gasteiger partial charge < -0.3 is 19.1 Å². The number of fused-ring (bicyclic) bond motifs is 1. The molecule has 1 aliphatic rings. The number of carbonyl (C=O) groups is 1. The number of amides is 1. The summed E-state index contributed by atoms with van der Waals surface area (Å²) in [5.74, 6) is 0.132. The van der Waals surface area contributed by atoms with Gasteiger partial charge in [-0.1, -0.05) is 0 Å². The molecule has 0 spiro atoms. The largest absolute Gasteiger partial charge is 0.497 e. The summed E-state index contributed by atoms with van der Waals surface area (Å²) in [7, 11) is 3.03. The smallest absolute Gasteiger partial charge is 0.261 e. The SMILES string of the molecule is COCCN1CCOc2nc(-c3cc(F)cc(OC)c3)ncc2C1=O. The van der Waals surface area contributed by atoms with E-state index >= 15 is 0 Å². The lowest BCUT2D eigenvalue weighted by atomic mass is 10.2. The molecule has 2 heterocycles. The first kappa shape index (κ1) is 17.1. The lowest BCUT2D eigenvalue weighted by Crippen LogP contribution is -2.35. The average Bonchev–Trinajstić information content (AvgIpc) is 2.78. The van der Waals surface area contributed by atoms with Crippen molar-refractivity contribution in [2.24, 2.45) is 0 Å². The Balaban J connectivity index is 1.94. The van der Waals surface area contributed by atoms with Crippen molar-refractivity contribution in [3.05, 3.63) is 35.8 Å². The maximum absolute atomic E-state index is 13.7. The van der Waals surface area contributed by atoms with Crippen LogP contribution in [0.1, 0.15) is 10.4 Å². The highest BCUT2D eigenvalue weighted by Crippen LogP contribution is 2.27. The third-order valence-electron chi connectivity index (χ3n) is 3.80. The van der Waals surface area contributed by atoms with Gasteiger partial charge in [-0.25, -0.2) is 9.37 Å². The van der Waals surface area contributed by atoms with Crippen LogP contribution in [-0.2, 0) is 4.74 Å². The molecule has 0 atom stereocenters. The number of carbonyl (C=O) groups excluding carboxylic acids is 1. The molecule has 3 rings (SSSR count). The summed E-state index contributed by atoms with van der Waals surface area (Å²) in [6, 6.07) is 4.18. The molecule has 2 aromatic rings. The quantitative estimate of drug-likeness (QED) is 0.821. The second-order valence-electron chi connectivity index (χ2n) is 5.43. The van der Waals surface area contributed by atoms with Crippen molar-refractivity contribution >= 4 is 5.91 Å². The predicted octanol–water partition coefficient (Wildman–Crippen LogP) is 1.77. The van der Waals surface area contributed by atoms with Gasteiger partial charge in [0.05, 0.1) is 20.3 Å². The number of nitrogens with zero attached hydrogens (tertiary/aromatic N) is 3. The predicted molar refractivity (Wildman–Crippen MR) is 87.3 cm³/mol. The average molecular weight is 347 g/mol. The molecule has 7 nitrogen and oxygen atoms in total. The van der Waals surface area contributed by atoms with E-state index in [-0.39, 0.29) is 23.2 Å². The Labute approximate surface area is 144 Å². The van der Waals surface area contributed by atoms with Gasteiger partial charge in [0.2, 0.25) is 5.88 Å². The summed E-state index contributed by atoms with van der Waals surface area (Å²) in [5, 5.41) is 0. The summed E-state index contributed by atoms with van der Waals surface area (Å²) in [4.78, 5) is 22.7. The number of benzene rings is 1. The first-order chi connectivity index (χ1) is 12.1. The molecule has 1 amide bonds. The number of ether oxygens (including phenoxy) is 3. The topological polar surface area (TPSA) is 73.8 Å². The Kier molecular flexibility index (Phi) is 5.08. The lowest BCUT2D eigenvalue weighted by Gasteiger charge is -2.18. The third kappa shape index (κ3) is 3.69. The molecule has 1 aromatic heterocycles. The van der Waals surface area contributed by atoms with Gasteiger partial charge in [0, 0.05) is 31.5 Å². The van der Waals surface area contributed by atoms with Crippen LogP contribution in [-0.4, -0.2) is 61.3 Å². The van der Waals surface area contributed by atoms with Crippen molar-refractivity contribution in [2.75, 3.05) is 40.5 Å². The molecule has 25 heavy (non-hydrogen) atoms. The fourth-order valence-electron chi connectivity index (χ4n) is 2.51. The van der Waals surface area contributed by atoms with E-state index in [2.05, 4.69) is 9.97 Å². The monoisotopic (exact) mass is 347 g/mol. The summed E-state index contributed by atoms with van der Waals surface area (Å²) in [6.45, 7) is 1.64. The molecule has 1 aliphatic heterocycles. The molecule has 0 bridgehead atoms. The summed E-state index contributed by atoms with van der Waals surface area (Å²) < 4.78 is 29.4. The van der Waals surface area contributed by atoms with Crippen LogP contribution in [0.15, 0.2) is 24.4 Å². The van der Waals surface area contributed by atoms with Gasteiger partial charge >= 0.3 is 0 Å². The number of methoxy groups -OCH3 is 2. The van der Waals surface area contributed by atoms with Gasteiger partial charge in [-0.15, -0.1) is 0 Å². The maximum atomic E-state index is 13.7. The van der Waals surface area contributed by atoms with Crippen LogP contribution in [0.4, 0.5) is 4.39 Å². The molecule has 8 heteroatoms. The van der Waals surface area contributed by atoms with Gasteiger partial charge in [-0.3, -0.25) is 4.79 Å². The minimum Gasteiger partial charge on any atom is -0.497 e. The Hall–Kier alpha value is -2.74. The molecular weight excluding hydrogens is 329 g/mol. The van der Waals surface area contributed by atoms with E-state index in [1.54, 1.807) is 18.1 Å². The van der Waals surface area contributed by atoms with Gasteiger partial charge in [0.15, 0.2) is 5.82 Å². The van der Waals surface area contributed by atoms with E-state index < -0.39 is 5.82 Å². The van der Waals surface area contributed by atoms with Crippen molar-refractivity contribution in [2.45, 2.75) is 0 Å². The molecule has 0 aliphatic carbocycles. The van der Waals surface area contributed by atoms with E-state index in [1.807, 2.05) is 0 Å². The van der Waals surface area contributed by atoms with Crippen LogP contribution < -0.4 is 9.47 Å². The lowest BCUT2D eigenvalue weighted by molar-refractivity contribution is 0.0693. The van der Waals surface area contributed by atoms with Crippen molar-refractivity contribution in [3.63, 3.8) is 0 Å². The van der Waals surface area contributed by atoms with Crippen molar-refractivity contribution in [1.29, 1.82) is 0 Å². The summed E-state index contributed by atoms with van der Waals surface area (Å²) in [5.41, 5.74) is 0.719. The zero-order valence-corrected chi connectivity index (χ0v) is 14.0. The van der Waals surface area contributed by atoms with Crippen LogP contribution in [0.25, 0.3) is 11.4 Å². The van der Waals surface area contributed by atoms with E-state index in [1.165, 1.54) is 25.4 Å². The highest BCUT2D eigenvalue weighted by molar-refractivity contribution is 5.96. The van der Waals surface area contributed by atoms with E-state index in [4.69, 9.17) is 14.2 Å². The highest BCUT2D eigenvalue weighted by atomic mass is 19.1. The Bertz CT molecular complexity index is 784. The van der Waals surface area contributed by atoms with Gasteiger partial charge in [-0.2, -0.15) is 4.98 Å². The van der Waals surface area contributed by atoms with Crippen LogP contribution in [0.2, 0.25) is 0 Å². The first-order valence-corrected chi connectivity index (χ1v) is 7.75. The van der Waals surface area contributed by atoms with Crippen LogP contribution in [0.3, 0.4) is 0 Å². The van der Waals surface area contributed by atoms with E-state index in [0.717, 1.165) is 0 Å². The minimum atomic E-state index is -0.462. The van der Waals surface area contributed by atoms with Gasteiger partial charge in [0.25, 0.3) is 5.91 Å². The molecule has 0 unspecified atom stereocenters. The number of halogens is 1. The molecule has 132 valence electrons. The third-order valence-corrected chi connectivity index (χ3v) is 3.80. The minimum absolute atomic E-state index is 0.193. The first-order valence-electron chi connectivity index (χ1n) is 7.75. The fourth-order valence-corrected chi connectivity index (χ4v) is 2.51. The number of hydrogen-bond donors (Lipinski definition) is 0. The number of aromatic nitrogens is 2. The molecule has 0 radical (unpaired) electrons. The molecule has 0 N–H and O–H groups in total. The molecule has 0 fully saturated rings. The second-order valence-corrected chi connectivity index (χ2v) is 5.43. The maximum Gasteiger partial charge on any atom is 0.261 e. The normalized spacial score (nSPS) is 13.9. The van der Waals surface area contributed by atoms with Crippen LogP contribution >= 0.6 is 0 Å². The molecule has 0 saturated heterocycles. The van der Waals surface area contributed by atoms with Crippen LogP contribution in [0.5, 0.6) is 11.6 Å². The fraction of sp³-hybridized carbons (Fsp3) is 0.353. The standard InChI is InChI=1S/C17H18FN3O4/c1-23-5-3-21-4-6-25-16-14(17(21)22)10-19-15(20-16)11-7-12(18)9-13(8-11)24-2/h7-10H,3-6H2,1-2H3. The second kappa shape index (κ2) is 7.43. The highest BCUT2D eigenvalue weighted by Gasteiger charge is 2.25. The molecule has 0 saturated carbocycles. The Morgan fingerprint density at radius 1 is 1.32 bits per heavy atom. The Morgan fingerprint density at radius 3 is 2.92 bits per heavy atom. The number of hydrogen-bond acceptors (Lipinski definition) is 6. The van der Waals surface area contributed by atoms with Crippen molar-refractivity contribution in [3.8, 4) is 23.0 Å². The van der Waals surface area contributed by atoms with E-state index in [0.29, 0.717) is 37.6 Å². The summed E-state index contributed by atoms with van der Waals surface area (Å²) in [6.07, 6.45) is 1.41. The number of rotatable bonds is 5. The Morgan fingerprint density at radius 2 is 2.16 bits per heavy atom. The van der Waals surface area contributed by atoms with Gasteiger partial charge in [0.1, 0.15) is 23.7 Å². The summed E-state index contributed by atoms with van der Waals surface area (Å²) >= 11 is 0.